The van der Waals surface area contributed by atoms with Crippen molar-refractivity contribution in [3.8, 4) is 24.0 Å². The van der Waals surface area contributed by atoms with Gasteiger partial charge in [0.15, 0.2) is 5.57 Å². The molecule has 1 unspecified atom stereocenters. The Bertz CT molecular complexity index is 1430. The van der Waals surface area contributed by atoms with E-state index in [0.717, 1.165) is 11.8 Å². The van der Waals surface area contributed by atoms with Gasteiger partial charge in [-0.2, -0.15) is 15.8 Å². The molecule has 0 saturated carbocycles. The maximum Gasteiger partial charge on any atom is 0.351 e. The van der Waals surface area contributed by atoms with Crippen LogP contribution in [0.4, 0.5) is 5.69 Å². The number of benzene rings is 2. The molecule has 1 fully saturated rings. The van der Waals surface area contributed by atoms with E-state index < -0.39 is 11.2 Å². The van der Waals surface area contributed by atoms with E-state index in [1.54, 1.807) is 74.9 Å². The number of methoxy groups -OCH3 is 1. The van der Waals surface area contributed by atoms with Crippen LogP contribution in [0.2, 0.25) is 0 Å². The summed E-state index contributed by atoms with van der Waals surface area (Å²) in [6.45, 7) is 1.70. The zero-order valence-electron chi connectivity index (χ0n) is 20.8. The number of hydrogen-bond donors (Lipinski definition) is 0. The minimum Gasteiger partial charge on any atom is -0.497 e. The number of carbonyl (C=O) groups is 2. The lowest BCUT2D eigenvalue weighted by Gasteiger charge is -2.19. The smallest absolute Gasteiger partial charge is 0.351 e. The Kier molecular flexibility index (Phi) is 9.79. The molecule has 0 N–H and O–H groups in total. The minimum absolute atomic E-state index is 0.0676. The van der Waals surface area contributed by atoms with Crippen LogP contribution >= 0.6 is 23.5 Å². The van der Waals surface area contributed by atoms with E-state index in [0.29, 0.717) is 27.5 Å². The molecule has 1 atom stereocenters. The molecule has 2 aromatic rings. The first kappa shape index (κ1) is 28.1. The van der Waals surface area contributed by atoms with Crippen LogP contribution in [-0.2, 0) is 14.3 Å². The second-order valence-corrected chi connectivity index (χ2v) is 9.45. The molecule has 38 heavy (non-hydrogen) atoms. The van der Waals surface area contributed by atoms with Gasteiger partial charge in [0.1, 0.15) is 39.8 Å². The summed E-state index contributed by atoms with van der Waals surface area (Å²) >= 11 is 2.33. The summed E-state index contributed by atoms with van der Waals surface area (Å²) in [5.74, 6) is -0.594. The topological polar surface area (TPSA) is 127 Å². The molecular weight excluding hydrogens is 520 g/mol. The van der Waals surface area contributed by atoms with E-state index in [9.17, 15) is 25.4 Å². The van der Waals surface area contributed by atoms with Gasteiger partial charge in [-0.1, -0.05) is 42.1 Å². The van der Waals surface area contributed by atoms with Crippen LogP contribution in [0.15, 0.2) is 81.8 Å². The number of esters is 1. The van der Waals surface area contributed by atoms with E-state index in [2.05, 4.69) is 0 Å². The number of nitrogens with zero attached hydrogens (tertiary/aromatic N) is 4. The van der Waals surface area contributed by atoms with Crippen molar-refractivity contribution in [1.82, 2.24) is 0 Å². The second-order valence-electron chi connectivity index (χ2n) is 7.51. The van der Waals surface area contributed by atoms with Gasteiger partial charge in [0.05, 0.1) is 13.7 Å². The summed E-state index contributed by atoms with van der Waals surface area (Å²) in [6, 6.07) is 21.3. The summed E-state index contributed by atoms with van der Waals surface area (Å²) in [5.41, 5.74) is 1.21. The Balaban J connectivity index is 2.30. The highest BCUT2D eigenvalue weighted by Gasteiger charge is 2.43. The third kappa shape index (κ3) is 5.92. The summed E-state index contributed by atoms with van der Waals surface area (Å²) < 4.78 is 10.3. The number of thioether (sulfide) groups is 2. The highest BCUT2D eigenvalue weighted by Crippen LogP contribution is 2.47. The van der Waals surface area contributed by atoms with E-state index in [1.165, 1.54) is 22.7 Å². The zero-order chi connectivity index (χ0) is 27.7. The third-order valence-corrected chi connectivity index (χ3v) is 7.68. The number of carbonyl (C=O) groups excluding carboxylic acids is 2. The Hall–Kier alpha value is -4.43. The SMILES string of the molecule is CCOC(=O)C(C#N)=C1SC(C(SC)=C(C=C(C#N)C#N)c2ccc(OC)cc2)C(=O)N1c1ccccc1. The van der Waals surface area contributed by atoms with Crippen LogP contribution < -0.4 is 9.64 Å². The van der Waals surface area contributed by atoms with Crippen molar-refractivity contribution in [2.75, 3.05) is 24.9 Å². The van der Waals surface area contributed by atoms with Gasteiger partial charge in [-0.3, -0.25) is 9.69 Å². The van der Waals surface area contributed by atoms with Gasteiger partial charge in [0.2, 0.25) is 0 Å². The van der Waals surface area contributed by atoms with E-state index in [4.69, 9.17) is 9.47 Å². The van der Waals surface area contributed by atoms with Gasteiger partial charge in [-0.15, -0.1) is 11.8 Å². The highest BCUT2D eigenvalue weighted by molar-refractivity contribution is 8.08. The van der Waals surface area contributed by atoms with Crippen LogP contribution in [0, 0.1) is 34.0 Å². The number of rotatable bonds is 8. The molecule has 1 aliphatic rings. The molecule has 10 heteroatoms. The van der Waals surface area contributed by atoms with Crippen LogP contribution in [-0.4, -0.2) is 37.1 Å². The quantitative estimate of drug-likeness (QED) is 0.192. The molecule has 1 amide bonds. The highest BCUT2D eigenvalue weighted by atomic mass is 32.2. The first-order chi connectivity index (χ1) is 18.4. The summed E-state index contributed by atoms with van der Waals surface area (Å²) in [5, 5.41) is 28.1. The third-order valence-electron chi connectivity index (χ3n) is 5.35. The zero-order valence-corrected chi connectivity index (χ0v) is 22.4. The van der Waals surface area contributed by atoms with Crippen LogP contribution in [0.3, 0.4) is 0 Å². The average molecular weight is 543 g/mol. The summed E-state index contributed by atoms with van der Waals surface area (Å²) in [7, 11) is 1.54. The monoisotopic (exact) mass is 542 g/mol. The molecule has 190 valence electrons. The number of amides is 1. The fourth-order valence-corrected chi connectivity index (χ4v) is 5.99. The van der Waals surface area contributed by atoms with Gasteiger partial charge in [0, 0.05) is 10.6 Å². The number of anilines is 1. The van der Waals surface area contributed by atoms with Gasteiger partial charge < -0.3 is 9.47 Å². The van der Waals surface area contributed by atoms with Crippen molar-refractivity contribution in [1.29, 1.82) is 15.8 Å². The maximum atomic E-state index is 14.0. The van der Waals surface area contributed by atoms with Gasteiger partial charge in [-0.25, -0.2) is 4.79 Å². The average Bonchev–Trinajstić information content (AvgIpc) is 3.28. The predicted octanol–water partition coefficient (Wildman–Crippen LogP) is 5.19. The molecule has 0 bridgehead atoms. The Morgan fingerprint density at radius 2 is 1.74 bits per heavy atom. The first-order valence-corrected chi connectivity index (χ1v) is 13.4. The van der Waals surface area contributed by atoms with Gasteiger partial charge in [0.25, 0.3) is 5.91 Å². The van der Waals surface area contributed by atoms with Crippen molar-refractivity contribution < 1.29 is 19.1 Å². The number of allylic oxidation sites excluding steroid dienone is 3. The van der Waals surface area contributed by atoms with Crippen molar-refractivity contribution in [2.45, 2.75) is 12.2 Å². The molecule has 0 radical (unpaired) electrons. The number of hydrogen-bond acceptors (Lipinski definition) is 9. The fourth-order valence-electron chi connectivity index (χ4n) is 3.63. The van der Waals surface area contributed by atoms with Crippen molar-refractivity contribution >= 4 is 46.7 Å². The number of para-hydroxylation sites is 1. The molecule has 1 saturated heterocycles. The van der Waals surface area contributed by atoms with Crippen LogP contribution in [0.1, 0.15) is 12.5 Å². The van der Waals surface area contributed by atoms with Gasteiger partial charge >= 0.3 is 5.97 Å². The predicted molar refractivity (Wildman–Crippen MR) is 147 cm³/mol. The van der Waals surface area contributed by atoms with Gasteiger partial charge in [-0.05, 0) is 54.7 Å². The second kappa shape index (κ2) is 13.2. The molecule has 2 aromatic carbocycles. The molecule has 3 rings (SSSR count). The molecule has 8 nitrogen and oxygen atoms in total. The fraction of sp³-hybridized carbons (Fsp3) is 0.179. The van der Waals surface area contributed by atoms with Crippen molar-refractivity contribution in [2.24, 2.45) is 0 Å². The summed E-state index contributed by atoms with van der Waals surface area (Å²) in [6.07, 6.45) is 3.22. The van der Waals surface area contributed by atoms with Crippen LogP contribution in [0.5, 0.6) is 5.75 Å². The molecular formula is C28H22N4O4S2. The van der Waals surface area contributed by atoms with E-state index >= 15 is 0 Å². The van der Waals surface area contributed by atoms with Crippen molar-refractivity contribution in [3.63, 3.8) is 0 Å². The van der Waals surface area contributed by atoms with Crippen LogP contribution in [0.25, 0.3) is 5.57 Å². The largest absolute Gasteiger partial charge is 0.497 e. The lowest BCUT2D eigenvalue weighted by molar-refractivity contribution is -0.138. The van der Waals surface area contributed by atoms with E-state index in [-0.39, 0.29) is 28.7 Å². The Morgan fingerprint density at radius 1 is 1.08 bits per heavy atom. The Labute approximate surface area is 229 Å². The normalized spacial score (nSPS) is 16.4. The van der Waals surface area contributed by atoms with E-state index in [1.807, 2.05) is 18.2 Å². The lowest BCUT2D eigenvalue weighted by atomic mass is 10.0. The minimum atomic E-state index is -0.870. The molecule has 1 heterocycles. The summed E-state index contributed by atoms with van der Waals surface area (Å²) in [4.78, 5) is 28.5. The molecule has 0 aromatic heterocycles. The molecule has 0 spiro atoms. The maximum absolute atomic E-state index is 14.0. The number of ether oxygens (including phenoxy) is 2. The molecule has 0 aliphatic carbocycles. The Morgan fingerprint density at radius 3 is 2.26 bits per heavy atom. The molecule has 1 aliphatic heterocycles. The lowest BCUT2D eigenvalue weighted by Crippen LogP contribution is -2.30. The first-order valence-electron chi connectivity index (χ1n) is 11.3. The standard InChI is InChI=1S/C28H22N4O4S2/c1-4-36-28(34)23(17-31)27-32(20-8-6-5-7-9-20)26(33)25(38-27)24(37-3)22(14-18(15-29)16-30)19-10-12-21(35-2)13-11-19/h5-14,25H,4H2,1-3H3. The number of nitriles is 3. The van der Waals surface area contributed by atoms with Crippen molar-refractivity contribution in [3.05, 3.63) is 87.3 Å².